The number of nitrogens with zero attached hydrogens (tertiary/aromatic N) is 3. The first-order valence-electron chi connectivity index (χ1n) is 8.92. The zero-order valence-corrected chi connectivity index (χ0v) is 18.6. The number of likely N-dealkylation sites (N-methyl/N-ethyl adjacent to an activating group) is 2. The first-order chi connectivity index (χ1) is 12.0. The number of benzene rings is 1. The highest BCUT2D eigenvalue weighted by molar-refractivity contribution is 14.0. The smallest absolute Gasteiger partial charge is 0.193 e. The summed E-state index contributed by atoms with van der Waals surface area (Å²) < 4.78 is 19.2. The van der Waals surface area contributed by atoms with Gasteiger partial charge in [-0.1, -0.05) is 12.1 Å². The van der Waals surface area contributed by atoms with E-state index in [0.29, 0.717) is 13.2 Å². The molecule has 1 saturated carbocycles. The fourth-order valence-electron chi connectivity index (χ4n) is 2.73. The number of aliphatic imine (C=N–C) groups is 1. The average molecular weight is 478 g/mol. The van der Waals surface area contributed by atoms with E-state index in [9.17, 15) is 4.39 Å². The first kappa shape index (κ1) is 23.1. The van der Waals surface area contributed by atoms with E-state index in [1.165, 1.54) is 18.9 Å². The maximum absolute atomic E-state index is 13.5. The number of rotatable bonds is 9. The molecular weight excluding hydrogens is 446 g/mol. The summed E-state index contributed by atoms with van der Waals surface area (Å²) in [5, 5.41) is 3.39. The lowest BCUT2D eigenvalue weighted by atomic mass is 10.1. The molecule has 2 rings (SSSR count). The van der Waals surface area contributed by atoms with Crippen molar-refractivity contribution in [2.75, 3.05) is 54.5 Å². The lowest BCUT2D eigenvalue weighted by Crippen LogP contribution is -2.43. The van der Waals surface area contributed by atoms with Crippen LogP contribution in [-0.2, 0) is 4.74 Å². The van der Waals surface area contributed by atoms with Crippen molar-refractivity contribution in [3.8, 4) is 0 Å². The summed E-state index contributed by atoms with van der Waals surface area (Å²) >= 11 is 0. The Morgan fingerprint density at radius 1 is 1.35 bits per heavy atom. The molecule has 1 unspecified atom stereocenters. The molecule has 0 spiro atoms. The Balaban J connectivity index is 0.00000338. The summed E-state index contributed by atoms with van der Waals surface area (Å²) in [7, 11) is 7.77. The van der Waals surface area contributed by atoms with Gasteiger partial charge in [-0.25, -0.2) is 4.39 Å². The SMILES string of the molecule is CN=C(NCC(c1cccc(F)c1)N(C)C)N(C)CCOCC1CC1.I. The summed E-state index contributed by atoms with van der Waals surface area (Å²) in [6.45, 7) is 3.02. The number of guanidine groups is 1. The second-order valence-electron chi connectivity index (χ2n) is 6.90. The van der Waals surface area contributed by atoms with Crippen molar-refractivity contribution in [3.63, 3.8) is 0 Å². The third-order valence-corrected chi connectivity index (χ3v) is 4.51. The number of hydrogen-bond donors (Lipinski definition) is 1. The van der Waals surface area contributed by atoms with Crippen molar-refractivity contribution in [2.45, 2.75) is 18.9 Å². The highest BCUT2D eigenvalue weighted by atomic mass is 127. The summed E-state index contributed by atoms with van der Waals surface area (Å²) in [6.07, 6.45) is 2.62. The number of ether oxygens (including phenoxy) is 1. The largest absolute Gasteiger partial charge is 0.379 e. The quantitative estimate of drug-likeness (QED) is 0.257. The van der Waals surface area contributed by atoms with Crippen LogP contribution >= 0.6 is 24.0 Å². The predicted molar refractivity (Wildman–Crippen MR) is 116 cm³/mol. The van der Waals surface area contributed by atoms with Crippen LogP contribution in [0.25, 0.3) is 0 Å². The van der Waals surface area contributed by atoms with Crippen LogP contribution in [0.5, 0.6) is 0 Å². The van der Waals surface area contributed by atoms with Gasteiger partial charge in [0.15, 0.2) is 5.96 Å². The van der Waals surface area contributed by atoms with Crippen LogP contribution in [0.1, 0.15) is 24.4 Å². The molecule has 0 heterocycles. The molecule has 26 heavy (non-hydrogen) atoms. The van der Waals surface area contributed by atoms with E-state index in [1.807, 2.05) is 27.2 Å². The van der Waals surface area contributed by atoms with Crippen LogP contribution in [0.2, 0.25) is 0 Å². The summed E-state index contributed by atoms with van der Waals surface area (Å²) in [5.74, 6) is 1.40. The van der Waals surface area contributed by atoms with Crippen LogP contribution < -0.4 is 5.32 Å². The van der Waals surface area contributed by atoms with E-state index in [-0.39, 0.29) is 35.8 Å². The van der Waals surface area contributed by atoms with E-state index in [4.69, 9.17) is 4.74 Å². The minimum Gasteiger partial charge on any atom is -0.379 e. The lowest BCUT2D eigenvalue weighted by Gasteiger charge is -2.28. The maximum Gasteiger partial charge on any atom is 0.193 e. The molecule has 0 bridgehead atoms. The van der Waals surface area contributed by atoms with Gasteiger partial charge >= 0.3 is 0 Å². The van der Waals surface area contributed by atoms with Gasteiger partial charge in [-0.3, -0.25) is 4.99 Å². The molecule has 0 saturated heterocycles. The van der Waals surface area contributed by atoms with Gasteiger partial charge < -0.3 is 19.9 Å². The molecule has 0 aromatic heterocycles. The third kappa shape index (κ3) is 7.75. The van der Waals surface area contributed by atoms with Crippen LogP contribution in [0.4, 0.5) is 4.39 Å². The van der Waals surface area contributed by atoms with Crippen molar-refractivity contribution in [1.29, 1.82) is 0 Å². The van der Waals surface area contributed by atoms with E-state index >= 15 is 0 Å². The van der Waals surface area contributed by atoms with E-state index in [0.717, 1.165) is 30.6 Å². The second-order valence-corrected chi connectivity index (χ2v) is 6.90. The van der Waals surface area contributed by atoms with Gasteiger partial charge in [0.05, 0.1) is 12.6 Å². The van der Waals surface area contributed by atoms with E-state index in [1.54, 1.807) is 19.2 Å². The van der Waals surface area contributed by atoms with Gasteiger partial charge in [0.25, 0.3) is 0 Å². The van der Waals surface area contributed by atoms with Crippen molar-refractivity contribution < 1.29 is 9.13 Å². The minimum atomic E-state index is -0.210. The third-order valence-electron chi connectivity index (χ3n) is 4.51. The van der Waals surface area contributed by atoms with Gasteiger partial charge in [0.1, 0.15) is 5.82 Å². The topological polar surface area (TPSA) is 40.1 Å². The molecule has 1 atom stereocenters. The van der Waals surface area contributed by atoms with Gasteiger partial charge in [-0.05, 0) is 50.6 Å². The normalized spacial score (nSPS) is 15.5. The monoisotopic (exact) mass is 478 g/mol. The molecule has 1 aliphatic rings. The average Bonchev–Trinajstić information content (AvgIpc) is 3.39. The molecule has 1 aromatic carbocycles. The molecule has 7 heteroatoms. The fourth-order valence-corrected chi connectivity index (χ4v) is 2.73. The Morgan fingerprint density at radius 2 is 2.08 bits per heavy atom. The first-order valence-corrected chi connectivity index (χ1v) is 8.92. The summed E-state index contributed by atoms with van der Waals surface area (Å²) in [5.41, 5.74) is 0.948. The maximum atomic E-state index is 13.5. The fraction of sp³-hybridized carbons (Fsp3) is 0.632. The van der Waals surface area contributed by atoms with E-state index in [2.05, 4.69) is 20.1 Å². The van der Waals surface area contributed by atoms with Crippen molar-refractivity contribution in [1.82, 2.24) is 15.1 Å². The number of nitrogens with one attached hydrogen (secondary N) is 1. The van der Waals surface area contributed by atoms with Crippen LogP contribution in [0, 0.1) is 11.7 Å². The van der Waals surface area contributed by atoms with Crippen molar-refractivity contribution >= 4 is 29.9 Å². The number of hydrogen-bond acceptors (Lipinski definition) is 3. The van der Waals surface area contributed by atoms with Gasteiger partial charge in [-0.2, -0.15) is 0 Å². The predicted octanol–water partition coefficient (Wildman–Crippen LogP) is 2.98. The number of halogens is 2. The van der Waals surface area contributed by atoms with Crippen LogP contribution in [0.15, 0.2) is 29.3 Å². The van der Waals surface area contributed by atoms with E-state index < -0.39 is 0 Å². The zero-order chi connectivity index (χ0) is 18.2. The summed E-state index contributed by atoms with van der Waals surface area (Å²) in [6, 6.07) is 6.82. The Kier molecular flexibility index (Phi) is 10.4. The van der Waals surface area contributed by atoms with Gasteiger partial charge in [0.2, 0.25) is 0 Å². The molecule has 0 radical (unpaired) electrons. The van der Waals surface area contributed by atoms with Gasteiger partial charge in [-0.15, -0.1) is 24.0 Å². The standard InChI is InChI=1S/C19H31FN4O.HI/c1-21-19(24(4)10-11-25-14-15-8-9-15)22-13-18(23(2)3)16-6-5-7-17(20)12-16;/h5-7,12,15,18H,8-11,13-14H2,1-4H3,(H,21,22);1H. The molecule has 1 N–H and O–H groups in total. The minimum absolute atomic E-state index is 0. The second kappa shape index (κ2) is 11.7. The molecule has 1 aromatic rings. The van der Waals surface area contributed by atoms with Crippen LogP contribution in [0.3, 0.4) is 0 Å². The highest BCUT2D eigenvalue weighted by Crippen LogP contribution is 2.28. The molecule has 5 nitrogen and oxygen atoms in total. The molecule has 148 valence electrons. The highest BCUT2D eigenvalue weighted by Gasteiger charge is 2.21. The molecule has 1 fully saturated rings. The lowest BCUT2D eigenvalue weighted by molar-refractivity contribution is 0.115. The molecule has 1 aliphatic carbocycles. The van der Waals surface area contributed by atoms with Crippen LogP contribution in [-0.4, -0.2) is 70.3 Å². The van der Waals surface area contributed by atoms with Gasteiger partial charge in [0, 0.05) is 33.8 Å². The van der Waals surface area contributed by atoms with Crippen molar-refractivity contribution in [2.24, 2.45) is 10.9 Å². The summed E-state index contributed by atoms with van der Waals surface area (Å²) in [4.78, 5) is 8.48. The molecular formula is C19H32FIN4O. The Morgan fingerprint density at radius 3 is 2.65 bits per heavy atom. The van der Waals surface area contributed by atoms with Crippen molar-refractivity contribution in [3.05, 3.63) is 35.6 Å². The Bertz CT molecular complexity index is 566. The molecule has 0 amide bonds. The Hall–Kier alpha value is -0.930. The Labute approximate surface area is 174 Å². The molecule has 0 aliphatic heterocycles. The zero-order valence-electron chi connectivity index (χ0n) is 16.2.